The summed E-state index contributed by atoms with van der Waals surface area (Å²) in [6.07, 6.45) is 4.08. The Balaban J connectivity index is 1.88. The van der Waals surface area contributed by atoms with Crippen molar-refractivity contribution in [2.75, 3.05) is 16.6 Å². The summed E-state index contributed by atoms with van der Waals surface area (Å²) in [6.45, 7) is 4.03. The van der Waals surface area contributed by atoms with Crippen molar-refractivity contribution in [1.29, 1.82) is 0 Å². The minimum absolute atomic E-state index is 0.0438. The fraction of sp³-hybridized carbons (Fsp3) is 0.450. The zero-order chi connectivity index (χ0) is 19.6. The molecule has 1 fully saturated rings. The van der Waals surface area contributed by atoms with E-state index in [2.05, 4.69) is 10.0 Å². The molecule has 0 spiro atoms. The number of rotatable bonds is 8. The van der Waals surface area contributed by atoms with Crippen LogP contribution in [0.1, 0.15) is 36.8 Å². The topological polar surface area (TPSA) is 66.3 Å². The van der Waals surface area contributed by atoms with Crippen molar-refractivity contribution in [3.8, 4) is 0 Å². The highest BCUT2D eigenvalue weighted by Gasteiger charge is 2.43. The third-order valence-electron chi connectivity index (χ3n) is 4.95. The maximum Gasteiger partial charge on any atom is 0.254 e. The quantitative estimate of drug-likeness (QED) is 0.550. The molecule has 1 saturated carbocycles. The van der Waals surface area contributed by atoms with Crippen LogP contribution in [-0.2, 0) is 7.05 Å². The Bertz CT molecular complexity index is 894. The lowest BCUT2D eigenvalue weighted by Gasteiger charge is -2.21. The molecule has 0 unspecified atom stereocenters. The molecule has 146 valence electrons. The maximum absolute atomic E-state index is 12.5. The first-order valence-electron chi connectivity index (χ1n) is 9.14. The summed E-state index contributed by atoms with van der Waals surface area (Å²) in [5.74, 6) is 0.682. The number of halogens is 1. The van der Waals surface area contributed by atoms with Gasteiger partial charge in [-0.15, -0.1) is 0 Å². The zero-order valence-electron chi connectivity index (χ0n) is 15.9. The molecule has 0 saturated heterocycles. The maximum atomic E-state index is 12.5. The summed E-state index contributed by atoms with van der Waals surface area (Å²) in [5, 5.41) is 13.0. The third-order valence-corrected chi connectivity index (χ3v) is 6.63. The predicted molar refractivity (Wildman–Crippen MR) is 115 cm³/mol. The summed E-state index contributed by atoms with van der Waals surface area (Å²) in [7, 11) is 1.76. The van der Waals surface area contributed by atoms with Crippen molar-refractivity contribution in [1.82, 2.24) is 4.57 Å². The van der Waals surface area contributed by atoms with E-state index in [1.807, 2.05) is 38.1 Å². The number of hydrogen-bond donors (Lipinski definition) is 3. The molecule has 3 rings (SSSR count). The van der Waals surface area contributed by atoms with Crippen molar-refractivity contribution in [3.05, 3.63) is 50.8 Å². The van der Waals surface area contributed by atoms with Gasteiger partial charge in [0.1, 0.15) is 5.82 Å². The fourth-order valence-electron chi connectivity index (χ4n) is 3.08. The molecule has 1 heterocycles. The standard InChI is InChI=1S/C20H26ClN3O2S/c1-13-5-6-16(15(21)11-13)22-18-17(12-14(2)19(26)24(18)3)23-27-20(8-9-20)7-4-10-25/h5-6,11-12,22-23,25H,4,7-10H2,1-3H3. The van der Waals surface area contributed by atoms with E-state index in [4.69, 9.17) is 16.7 Å². The molecule has 2 aromatic rings. The zero-order valence-corrected chi connectivity index (χ0v) is 17.5. The second kappa shape index (κ2) is 8.17. The third kappa shape index (κ3) is 4.62. The van der Waals surface area contributed by atoms with E-state index in [0.29, 0.717) is 16.4 Å². The van der Waals surface area contributed by atoms with Crippen LogP contribution in [0.5, 0.6) is 0 Å². The van der Waals surface area contributed by atoms with Gasteiger partial charge in [-0.05, 0) is 75.2 Å². The average molecular weight is 408 g/mol. The Kier molecular flexibility index (Phi) is 6.08. The lowest BCUT2D eigenvalue weighted by molar-refractivity contribution is 0.283. The molecule has 5 nitrogen and oxygen atoms in total. The molecule has 0 radical (unpaired) electrons. The Morgan fingerprint density at radius 3 is 2.63 bits per heavy atom. The number of aryl methyl sites for hydroxylation is 2. The van der Waals surface area contributed by atoms with Gasteiger partial charge in [0.15, 0.2) is 0 Å². The van der Waals surface area contributed by atoms with E-state index in [0.717, 1.165) is 42.6 Å². The average Bonchev–Trinajstić information content (AvgIpc) is 3.41. The van der Waals surface area contributed by atoms with Crippen molar-refractivity contribution < 1.29 is 5.11 Å². The highest BCUT2D eigenvalue weighted by atomic mass is 35.5. The molecule has 0 amide bonds. The second-order valence-electron chi connectivity index (χ2n) is 7.28. The Hall–Kier alpha value is -1.63. The largest absolute Gasteiger partial charge is 0.396 e. The number of aromatic nitrogens is 1. The molecule has 0 atom stereocenters. The molecule has 1 aromatic heterocycles. The van der Waals surface area contributed by atoms with Gasteiger partial charge >= 0.3 is 0 Å². The minimum Gasteiger partial charge on any atom is -0.396 e. The van der Waals surface area contributed by atoms with E-state index in [1.54, 1.807) is 23.6 Å². The van der Waals surface area contributed by atoms with Gasteiger partial charge < -0.3 is 15.1 Å². The Morgan fingerprint density at radius 1 is 1.26 bits per heavy atom. The van der Waals surface area contributed by atoms with Crippen LogP contribution in [-0.4, -0.2) is 21.0 Å². The Labute approximate surface area is 169 Å². The molecular weight excluding hydrogens is 382 g/mol. The summed E-state index contributed by atoms with van der Waals surface area (Å²) < 4.78 is 5.25. The molecule has 1 aromatic carbocycles. The number of aliphatic hydroxyl groups is 1. The van der Waals surface area contributed by atoms with Gasteiger partial charge in [0.05, 0.1) is 16.4 Å². The van der Waals surface area contributed by atoms with Gasteiger partial charge in [0, 0.05) is 24.0 Å². The van der Waals surface area contributed by atoms with E-state index in [9.17, 15) is 4.79 Å². The first kappa shape index (κ1) is 20.1. The monoisotopic (exact) mass is 407 g/mol. The van der Waals surface area contributed by atoms with Crippen LogP contribution in [0.2, 0.25) is 5.02 Å². The molecule has 1 aliphatic carbocycles. The fourth-order valence-corrected chi connectivity index (χ4v) is 4.40. The van der Waals surface area contributed by atoms with E-state index >= 15 is 0 Å². The van der Waals surface area contributed by atoms with Crippen molar-refractivity contribution in [2.24, 2.45) is 7.05 Å². The summed E-state index contributed by atoms with van der Waals surface area (Å²) in [6, 6.07) is 7.67. The van der Waals surface area contributed by atoms with Crippen LogP contribution < -0.4 is 15.6 Å². The first-order chi connectivity index (χ1) is 12.8. The van der Waals surface area contributed by atoms with Crippen LogP contribution in [0.4, 0.5) is 17.2 Å². The lowest BCUT2D eigenvalue weighted by Crippen LogP contribution is -2.23. The van der Waals surface area contributed by atoms with Crippen LogP contribution >= 0.6 is 23.5 Å². The highest BCUT2D eigenvalue weighted by Crippen LogP contribution is 2.52. The number of nitrogens with zero attached hydrogens (tertiary/aromatic N) is 1. The predicted octanol–water partition coefficient (Wildman–Crippen LogP) is 4.76. The molecule has 0 bridgehead atoms. The van der Waals surface area contributed by atoms with Gasteiger partial charge in [-0.1, -0.05) is 17.7 Å². The molecule has 1 aliphatic rings. The van der Waals surface area contributed by atoms with Crippen molar-refractivity contribution in [3.63, 3.8) is 0 Å². The van der Waals surface area contributed by atoms with Crippen molar-refractivity contribution in [2.45, 2.75) is 44.3 Å². The van der Waals surface area contributed by atoms with Crippen molar-refractivity contribution >= 4 is 40.7 Å². The van der Waals surface area contributed by atoms with Crippen LogP contribution in [0.15, 0.2) is 29.1 Å². The smallest absolute Gasteiger partial charge is 0.254 e. The van der Waals surface area contributed by atoms with Gasteiger partial charge in [0.25, 0.3) is 5.56 Å². The van der Waals surface area contributed by atoms with E-state index in [-0.39, 0.29) is 16.9 Å². The van der Waals surface area contributed by atoms with Crippen LogP contribution in [0, 0.1) is 13.8 Å². The number of hydrogen-bond acceptors (Lipinski definition) is 5. The number of aliphatic hydroxyl groups excluding tert-OH is 1. The lowest BCUT2D eigenvalue weighted by atomic mass is 10.2. The van der Waals surface area contributed by atoms with Gasteiger partial charge in [-0.25, -0.2) is 0 Å². The first-order valence-corrected chi connectivity index (χ1v) is 10.3. The summed E-state index contributed by atoms with van der Waals surface area (Å²) in [5.41, 5.74) is 3.33. The molecule has 7 heteroatoms. The molecule has 0 aliphatic heterocycles. The summed E-state index contributed by atoms with van der Waals surface area (Å²) in [4.78, 5) is 12.5. The minimum atomic E-state index is -0.0438. The molecule has 27 heavy (non-hydrogen) atoms. The van der Waals surface area contributed by atoms with Crippen LogP contribution in [0.3, 0.4) is 0 Å². The summed E-state index contributed by atoms with van der Waals surface area (Å²) >= 11 is 8.06. The molecular formula is C20H26ClN3O2S. The van der Waals surface area contributed by atoms with E-state index in [1.165, 1.54) is 0 Å². The van der Waals surface area contributed by atoms with Gasteiger partial charge in [-0.2, -0.15) is 0 Å². The highest BCUT2D eigenvalue weighted by molar-refractivity contribution is 8.02. The number of benzene rings is 1. The van der Waals surface area contributed by atoms with E-state index < -0.39 is 0 Å². The Morgan fingerprint density at radius 2 is 2.00 bits per heavy atom. The number of anilines is 3. The van der Waals surface area contributed by atoms with Gasteiger partial charge in [-0.3, -0.25) is 9.36 Å². The van der Waals surface area contributed by atoms with Gasteiger partial charge in [0.2, 0.25) is 0 Å². The second-order valence-corrected chi connectivity index (χ2v) is 8.96. The SMILES string of the molecule is Cc1ccc(Nc2c(NSC3(CCCO)CC3)cc(C)c(=O)n2C)c(Cl)c1. The normalized spacial score (nSPS) is 14.9. The number of pyridine rings is 1. The molecule has 3 N–H and O–H groups in total. The number of nitrogens with one attached hydrogen (secondary N) is 2. The van der Waals surface area contributed by atoms with Crippen LogP contribution in [0.25, 0.3) is 0 Å².